The van der Waals surface area contributed by atoms with Gasteiger partial charge in [-0.15, -0.1) is 0 Å². The van der Waals surface area contributed by atoms with E-state index in [4.69, 9.17) is 4.74 Å². The Morgan fingerprint density at radius 3 is 2.63 bits per heavy atom. The highest BCUT2D eigenvalue weighted by atomic mass is 79.9. The van der Waals surface area contributed by atoms with Gasteiger partial charge in [-0.3, -0.25) is 9.10 Å². The van der Waals surface area contributed by atoms with Crippen LogP contribution in [0.4, 0.5) is 5.69 Å². The first-order valence-electron chi connectivity index (χ1n) is 8.54. The lowest BCUT2D eigenvalue weighted by Gasteiger charge is -2.20. The van der Waals surface area contributed by atoms with E-state index in [-0.39, 0.29) is 16.8 Å². The van der Waals surface area contributed by atoms with E-state index < -0.39 is 10.0 Å². The predicted molar refractivity (Wildman–Crippen MR) is 108 cm³/mol. The Bertz CT molecular complexity index is 945. The third-order valence-corrected chi connectivity index (χ3v) is 6.75. The number of amides is 1. The lowest BCUT2D eigenvalue weighted by atomic mass is 10.1. The number of ether oxygens (including phenoxy) is 1. The zero-order valence-electron chi connectivity index (χ0n) is 15.1. The molecule has 0 radical (unpaired) electrons. The van der Waals surface area contributed by atoms with E-state index >= 15 is 0 Å². The Labute approximate surface area is 167 Å². The van der Waals surface area contributed by atoms with Crippen LogP contribution in [-0.2, 0) is 21.2 Å². The van der Waals surface area contributed by atoms with Crippen LogP contribution in [0.5, 0.6) is 0 Å². The molecular weight excluding hydrogens is 432 g/mol. The maximum atomic E-state index is 13.0. The van der Waals surface area contributed by atoms with Gasteiger partial charge in [0, 0.05) is 29.7 Å². The van der Waals surface area contributed by atoms with Crippen molar-refractivity contribution in [2.45, 2.75) is 24.3 Å². The van der Waals surface area contributed by atoms with Crippen molar-refractivity contribution in [3.8, 4) is 0 Å². The van der Waals surface area contributed by atoms with E-state index in [1.807, 2.05) is 6.92 Å². The standard InChI is InChI=1S/C19H21BrN2O4S/c1-13(12-26-2)21-19(23)15-3-8-18-14(11-15)9-10-22(18)27(24,25)17-6-4-16(20)5-7-17/h3-8,11,13H,9-10,12H2,1-2H3,(H,21,23). The average Bonchev–Trinajstić information content (AvgIpc) is 3.06. The maximum Gasteiger partial charge on any atom is 0.264 e. The van der Waals surface area contributed by atoms with Crippen LogP contribution in [0, 0.1) is 0 Å². The lowest BCUT2D eigenvalue weighted by molar-refractivity contribution is 0.0905. The maximum absolute atomic E-state index is 13.0. The highest BCUT2D eigenvalue weighted by Crippen LogP contribution is 2.33. The number of sulfonamides is 1. The molecule has 144 valence electrons. The van der Waals surface area contributed by atoms with Gasteiger partial charge in [0.25, 0.3) is 15.9 Å². The van der Waals surface area contributed by atoms with Gasteiger partial charge in [-0.05, 0) is 61.4 Å². The van der Waals surface area contributed by atoms with Crippen LogP contribution in [0.15, 0.2) is 51.8 Å². The zero-order valence-corrected chi connectivity index (χ0v) is 17.5. The summed E-state index contributed by atoms with van der Waals surface area (Å²) >= 11 is 3.32. The molecule has 0 fully saturated rings. The van der Waals surface area contributed by atoms with Crippen molar-refractivity contribution in [2.24, 2.45) is 0 Å². The fraction of sp³-hybridized carbons (Fsp3) is 0.316. The van der Waals surface area contributed by atoms with Crippen molar-refractivity contribution < 1.29 is 17.9 Å². The van der Waals surface area contributed by atoms with Crippen LogP contribution in [0.2, 0.25) is 0 Å². The van der Waals surface area contributed by atoms with Gasteiger partial charge in [0.05, 0.1) is 17.2 Å². The quantitative estimate of drug-likeness (QED) is 0.730. The minimum atomic E-state index is -3.63. The molecule has 0 bridgehead atoms. The summed E-state index contributed by atoms with van der Waals surface area (Å²) in [5.74, 6) is -0.198. The van der Waals surface area contributed by atoms with E-state index in [0.29, 0.717) is 30.8 Å². The van der Waals surface area contributed by atoms with Gasteiger partial charge in [-0.1, -0.05) is 15.9 Å². The molecule has 1 aliphatic heterocycles. The van der Waals surface area contributed by atoms with Crippen molar-refractivity contribution in [2.75, 3.05) is 24.6 Å². The fourth-order valence-corrected chi connectivity index (χ4v) is 4.86. The first-order chi connectivity index (χ1) is 12.8. The second kappa shape index (κ2) is 8.00. The van der Waals surface area contributed by atoms with Gasteiger partial charge in [-0.2, -0.15) is 0 Å². The number of methoxy groups -OCH3 is 1. The predicted octanol–water partition coefficient (Wildman–Crippen LogP) is 2.97. The molecule has 1 amide bonds. The van der Waals surface area contributed by atoms with Crippen LogP contribution in [0.3, 0.4) is 0 Å². The lowest BCUT2D eigenvalue weighted by Crippen LogP contribution is -2.35. The molecule has 1 N–H and O–H groups in total. The largest absolute Gasteiger partial charge is 0.383 e. The number of rotatable bonds is 6. The third-order valence-electron chi connectivity index (χ3n) is 4.39. The normalized spacial score (nSPS) is 14.7. The Kier molecular flexibility index (Phi) is 5.88. The van der Waals surface area contributed by atoms with Gasteiger partial charge in [0.2, 0.25) is 0 Å². The molecule has 2 aromatic rings. The fourth-order valence-electron chi connectivity index (χ4n) is 3.09. The molecule has 0 saturated heterocycles. The second-order valence-corrected chi connectivity index (χ2v) is 9.23. The number of benzene rings is 2. The highest BCUT2D eigenvalue weighted by Gasteiger charge is 2.31. The molecule has 27 heavy (non-hydrogen) atoms. The van der Waals surface area contributed by atoms with E-state index in [1.54, 1.807) is 49.6 Å². The Morgan fingerprint density at radius 2 is 1.96 bits per heavy atom. The van der Waals surface area contributed by atoms with Crippen LogP contribution < -0.4 is 9.62 Å². The minimum absolute atomic E-state index is 0.106. The van der Waals surface area contributed by atoms with Crippen LogP contribution in [0.1, 0.15) is 22.8 Å². The number of nitrogens with one attached hydrogen (secondary N) is 1. The monoisotopic (exact) mass is 452 g/mol. The zero-order chi connectivity index (χ0) is 19.6. The summed E-state index contributed by atoms with van der Waals surface area (Å²) in [5.41, 5.74) is 1.99. The summed E-state index contributed by atoms with van der Waals surface area (Å²) in [5, 5.41) is 2.86. The van der Waals surface area contributed by atoms with Crippen LogP contribution in [0.25, 0.3) is 0 Å². The van der Waals surface area contributed by atoms with Crippen molar-refractivity contribution >= 4 is 37.5 Å². The molecule has 1 atom stereocenters. The molecule has 0 aromatic heterocycles. The van der Waals surface area contributed by atoms with Crippen molar-refractivity contribution in [1.82, 2.24) is 5.32 Å². The Morgan fingerprint density at radius 1 is 1.26 bits per heavy atom. The van der Waals surface area contributed by atoms with E-state index in [1.165, 1.54) is 4.31 Å². The average molecular weight is 453 g/mol. The molecule has 0 saturated carbocycles. The van der Waals surface area contributed by atoms with Crippen molar-refractivity contribution in [3.63, 3.8) is 0 Å². The van der Waals surface area contributed by atoms with Crippen LogP contribution >= 0.6 is 15.9 Å². The minimum Gasteiger partial charge on any atom is -0.383 e. The highest BCUT2D eigenvalue weighted by molar-refractivity contribution is 9.10. The van der Waals surface area contributed by atoms with E-state index in [9.17, 15) is 13.2 Å². The topological polar surface area (TPSA) is 75.7 Å². The first-order valence-corrected chi connectivity index (χ1v) is 10.8. The molecule has 3 rings (SSSR count). The summed E-state index contributed by atoms with van der Waals surface area (Å²) in [6, 6.07) is 11.6. The molecule has 0 aliphatic carbocycles. The van der Waals surface area contributed by atoms with Gasteiger partial charge >= 0.3 is 0 Å². The summed E-state index contributed by atoms with van der Waals surface area (Å²) in [4.78, 5) is 12.6. The van der Waals surface area contributed by atoms with Gasteiger partial charge in [0.15, 0.2) is 0 Å². The molecule has 8 heteroatoms. The van der Waals surface area contributed by atoms with E-state index in [2.05, 4.69) is 21.2 Å². The Balaban J connectivity index is 1.84. The number of halogens is 1. The molecule has 0 spiro atoms. The number of hydrogen-bond acceptors (Lipinski definition) is 4. The number of hydrogen-bond donors (Lipinski definition) is 1. The van der Waals surface area contributed by atoms with Crippen LogP contribution in [-0.4, -0.2) is 40.6 Å². The number of nitrogens with zero attached hydrogens (tertiary/aromatic N) is 1. The van der Waals surface area contributed by atoms with E-state index in [0.717, 1.165) is 10.0 Å². The number of carbonyl (C=O) groups excluding carboxylic acids is 1. The molecule has 6 nitrogen and oxygen atoms in total. The number of fused-ring (bicyclic) bond motifs is 1. The molecule has 1 aliphatic rings. The number of carbonyl (C=O) groups is 1. The molecule has 1 heterocycles. The summed E-state index contributed by atoms with van der Waals surface area (Å²) < 4.78 is 33.2. The molecule has 1 unspecified atom stereocenters. The van der Waals surface area contributed by atoms with Crippen molar-refractivity contribution in [3.05, 3.63) is 58.1 Å². The Hall–Kier alpha value is -1.90. The summed E-state index contributed by atoms with van der Waals surface area (Å²) in [6.45, 7) is 2.65. The molecule has 2 aromatic carbocycles. The van der Waals surface area contributed by atoms with Crippen molar-refractivity contribution in [1.29, 1.82) is 0 Å². The summed E-state index contributed by atoms with van der Waals surface area (Å²) in [6.07, 6.45) is 0.569. The third kappa shape index (κ3) is 4.17. The smallest absolute Gasteiger partial charge is 0.264 e. The molecular formula is C19H21BrN2O4S. The van der Waals surface area contributed by atoms with Gasteiger partial charge in [-0.25, -0.2) is 8.42 Å². The summed E-state index contributed by atoms with van der Waals surface area (Å²) in [7, 11) is -2.05. The van der Waals surface area contributed by atoms with Gasteiger partial charge in [0.1, 0.15) is 0 Å². The van der Waals surface area contributed by atoms with Gasteiger partial charge < -0.3 is 10.1 Å². The SMILES string of the molecule is COCC(C)NC(=O)c1ccc2c(c1)CCN2S(=O)(=O)c1ccc(Br)cc1. The first kappa shape index (κ1) is 19.9. The number of anilines is 1. The second-order valence-electron chi connectivity index (χ2n) is 6.45.